The van der Waals surface area contributed by atoms with Crippen LogP contribution in [0.1, 0.15) is 19.8 Å². The summed E-state index contributed by atoms with van der Waals surface area (Å²) in [5, 5.41) is 33.2. The zero-order chi connectivity index (χ0) is 12.4. The Labute approximate surface area is 105 Å². The van der Waals surface area contributed by atoms with E-state index in [4.69, 9.17) is 0 Å². The number of amidine groups is 1. The van der Waals surface area contributed by atoms with Crippen LogP contribution in [0.3, 0.4) is 0 Å². The molecule has 2 aliphatic rings. The van der Waals surface area contributed by atoms with Gasteiger partial charge >= 0.3 is 0 Å². The molecular weight excluding hydrogens is 240 g/mol. The normalized spacial score (nSPS) is 43.5. The first kappa shape index (κ1) is 13.1. The molecule has 2 rings (SSSR count). The number of aliphatic hydroxyl groups is 3. The number of thioether (sulfide) groups is 1. The molecule has 0 radical (unpaired) electrons. The Bertz CT molecular complexity index is 300. The lowest BCUT2D eigenvalue weighted by atomic mass is 9.81. The van der Waals surface area contributed by atoms with Crippen LogP contribution in [0.4, 0.5) is 0 Å². The molecule has 0 bridgehead atoms. The number of hydrogen-bond acceptors (Lipinski definition) is 5. The number of nitrogens with one attached hydrogen (secondary N) is 1. The summed E-state index contributed by atoms with van der Waals surface area (Å²) >= 11 is 1.62. The van der Waals surface area contributed by atoms with Crippen molar-refractivity contribution in [3.63, 3.8) is 0 Å². The van der Waals surface area contributed by atoms with Crippen LogP contribution in [0.15, 0.2) is 4.99 Å². The summed E-state index contributed by atoms with van der Waals surface area (Å²) in [6.45, 7) is 2.76. The van der Waals surface area contributed by atoms with E-state index < -0.39 is 12.2 Å². The van der Waals surface area contributed by atoms with Crippen molar-refractivity contribution in [2.24, 2.45) is 10.9 Å². The third-order valence-electron chi connectivity index (χ3n) is 3.40. The molecule has 98 valence electrons. The van der Waals surface area contributed by atoms with Gasteiger partial charge in [-0.15, -0.1) is 0 Å². The van der Waals surface area contributed by atoms with Crippen LogP contribution in [0.2, 0.25) is 0 Å². The fraction of sp³-hybridized carbons (Fsp3) is 0.909. The Morgan fingerprint density at radius 3 is 2.82 bits per heavy atom. The van der Waals surface area contributed by atoms with Gasteiger partial charge in [0, 0.05) is 24.3 Å². The first-order valence-corrected chi connectivity index (χ1v) is 7.00. The highest BCUT2D eigenvalue weighted by Gasteiger charge is 2.47. The van der Waals surface area contributed by atoms with Gasteiger partial charge in [-0.2, -0.15) is 0 Å². The van der Waals surface area contributed by atoms with Crippen LogP contribution >= 0.6 is 11.8 Å². The van der Waals surface area contributed by atoms with Gasteiger partial charge in [0.1, 0.15) is 6.10 Å². The van der Waals surface area contributed by atoms with Gasteiger partial charge in [-0.1, -0.05) is 18.7 Å². The van der Waals surface area contributed by atoms with Crippen molar-refractivity contribution in [3.8, 4) is 0 Å². The fourth-order valence-corrected chi connectivity index (χ4v) is 3.77. The van der Waals surface area contributed by atoms with Gasteiger partial charge in [0.05, 0.1) is 12.1 Å². The van der Waals surface area contributed by atoms with E-state index in [9.17, 15) is 15.3 Å². The largest absolute Gasteiger partial charge is 0.396 e. The van der Waals surface area contributed by atoms with Gasteiger partial charge in [-0.3, -0.25) is 4.99 Å². The van der Waals surface area contributed by atoms with E-state index in [1.165, 1.54) is 0 Å². The second kappa shape index (κ2) is 5.56. The molecule has 2 fully saturated rings. The second-order valence-corrected chi connectivity index (χ2v) is 5.90. The van der Waals surface area contributed by atoms with Crippen LogP contribution in [-0.2, 0) is 0 Å². The lowest BCUT2D eigenvalue weighted by Gasteiger charge is -2.37. The quantitative estimate of drug-likeness (QED) is 0.553. The maximum atomic E-state index is 10.0. The summed E-state index contributed by atoms with van der Waals surface area (Å²) in [5.41, 5.74) is 0. The van der Waals surface area contributed by atoms with Gasteiger partial charge in [0.2, 0.25) is 0 Å². The molecule has 0 aromatic rings. The highest BCUT2D eigenvalue weighted by atomic mass is 32.2. The summed E-state index contributed by atoms with van der Waals surface area (Å²) in [7, 11) is 0. The Morgan fingerprint density at radius 1 is 1.41 bits per heavy atom. The van der Waals surface area contributed by atoms with E-state index in [1.807, 2.05) is 0 Å². The smallest absolute Gasteiger partial charge is 0.157 e. The molecule has 1 saturated heterocycles. The third-order valence-corrected chi connectivity index (χ3v) is 4.66. The zero-order valence-corrected chi connectivity index (χ0v) is 10.7. The van der Waals surface area contributed by atoms with Crippen molar-refractivity contribution >= 4 is 16.9 Å². The molecule has 5 nitrogen and oxygen atoms in total. The highest BCUT2D eigenvalue weighted by Crippen LogP contribution is 2.37. The molecular formula is C11H20N2O3S. The van der Waals surface area contributed by atoms with E-state index in [-0.39, 0.29) is 23.8 Å². The molecule has 4 N–H and O–H groups in total. The van der Waals surface area contributed by atoms with E-state index >= 15 is 0 Å². The van der Waals surface area contributed by atoms with Crippen molar-refractivity contribution < 1.29 is 15.3 Å². The van der Waals surface area contributed by atoms with Crippen LogP contribution in [0.5, 0.6) is 0 Å². The van der Waals surface area contributed by atoms with Crippen molar-refractivity contribution in [1.29, 1.82) is 0 Å². The molecule has 0 aromatic carbocycles. The summed E-state index contributed by atoms with van der Waals surface area (Å²) in [5.74, 6) is -0.230. The predicted molar refractivity (Wildman–Crippen MR) is 68.1 cm³/mol. The number of rotatable bonds is 3. The van der Waals surface area contributed by atoms with E-state index in [0.29, 0.717) is 6.42 Å². The minimum Gasteiger partial charge on any atom is -0.396 e. The third kappa shape index (κ3) is 2.59. The maximum Gasteiger partial charge on any atom is 0.157 e. The minimum atomic E-state index is -0.847. The number of hydrogen-bond donors (Lipinski definition) is 4. The molecule has 0 aromatic heterocycles. The van der Waals surface area contributed by atoms with Gasteiger partial charge < -0.3 is 20.6 Å². The number of aliphatic hydroxyl groups excluding tert-OH is 3. The van der Waals surface area contributed by atoms with Crippen LogP contribution in [0, 0.1) is 5.92 Å². The Hall–Kier alpha value is -0.300. The minimum absolute atomic E-state index is 0.0799. The Morgan fingerprint density at radius 2 is 2.18 bits per heavy atom. The molecule has 1 saturated carbocycles. The molecule has 1 aliphatic carbocycles. The molecule has 1 heterocycles. The van der Waals surface area contributed by atoms with Crippen LogP contribution in [-0.4, -0.2) is 57.1 Å². The van der Waals surface area contributed by atoms with E-state index in [2.05, 4.69) is 17.2 Å². The van der Waals surface area contributed by atoms with E-state index in [0.717, 1.165) is 18.1 Å². The van der Waals surface area contributed by atoms with Gasteiger partial charge in [-0.25, -0.2) is 0 Å². The molecule has 0 spiro atoms. The second-order valence-electron chi connectivity index (χ2n) is 4.67. The van der Waals surface area contributed by atoms with Gasteiger partial charge in [-0.05, 0) is 12.8 Å². The zero-order valence-electron chi connectivity index (χ0n) is 9.91. The topological polar surface area (TPSA) is 85.1 Å². The lowest BCUT2D eigenvalue weighted by molar-refractivity contribution is -0.0680. The van der Waals surface area contributed by atoms with Crippen molar-refractivity contribution in [2.75, 3.05) is 13.2 Å². The van der Waals surface area contributed by atoms with E-state index in [1.54, 1.807) is 11.8 Å². The van der Waals surface area contributed by atoms with Crippen LogP contribution < -0.4 is 5.32 Å². The Balaban J connectivity index is 2.04. The molecule has 5 atom stereocenters. The standard InChI is InChI=1S/C11H20N2O3S/c1-2-3-12-11-13-8-7(17-11)4-6(5-14)9(15)10(8)16/h6-10,14-16H,2-5H2,1H3,(H,12,13)/t6?,7-,8?,9?,10?/m1/s1. The van der Waals surface area contributed by atoms with Crippen molar-refractivity contribution in [2.45, 2.75) is 43.3 Å². The van der Waals surface area contributed by atoms with Crippen molar-refractivity contribution in [3.05, 3.63) is 0 Å². The fourth-order valence-electron chi connectivity index (χ4n) is 2.39. The molecule has 17 heavy (non-hydrogen) atoms. The SMILES string of the molecule is CCCN=C1NC2C(O)C(O)C(CO)C[C@H]2S1. The molecule has 6 heteroatoms. The summed E-state index contributed by atoms with van der Waals surface area (Å²) in [6.07, 6.45) is 0.0286. The first-order valence-electron chi connectivity index (χ1n) is 6.12. The first-order chi connectivity index (χ1) is 8.17. The number of nitrogens with zero attached hydrogens (tertiary/aromatic N) is 1. The molecule has 1 aliphatic heterocycles. The van der Waals surface area contributed by atoms with Gasteiger partial charge in [0.15, 0.2) is 5.17 Å². The van der Waals surface area contributed by atoms with Crippen molar-refractivity contribution in [1.82, 2.24) is 5.32 Å². The number of fused-ring (bicyclic) bond motifs is 1. The summed E-state index contributed by atoms with van der Waals surface area (Å²) < 4.78 is 0. The molecule has 0 amide bonds. The average molecular weight is 260 g/mol. The van der Waals surface area contributed by atoms with Gasteiger partial charge in [0.25, 0.3) is 0 Å². The number of aliphatic imine (C=N–C) groups is 1. The Kier molecular flexibility index (Phi) is 4.30. The predicted octanol–water partition coefficient (Wildman–Crippen LogP) is -0.440. The lowest BCUT2D eigenvalue weighted by Crippen LogP contribution is -2.56. The summed E-state index contributed by atoms with van der Waals surface area (Å²) in [4.78, 5) is 4.39. The average Bonchev–Trinajstić information content (AvgIpc) is 2.74. The maximum absolute atomic E-state index is 10.0. The van der Waals surface area contributed by atoms with Crippen LogP contribution in [0.25, 0.3) is 0 Å². The summed E-state index contributed by atoms with van der Waals surface area (Å²) in [6, 6.07) is -0.145. The monoisotopic (exact) mass is 260 g/mol. The molecule has 4 unspecified atom stereocenters. The highest BCUT2D eigenvalue weighted by molar-refractivity contribution is 8.14.